The van der Waals surface area contributed by atoms with Crippen molar-refractivity contribution in [1.82, 2.24) is 9.80 Å². The fourth-order valence-electron chi connectivity index (χ4n) is 5.32. The molecule has 0 aliphatic rings. The molecular formula is C66H52F18Hf2N2O16. The molecule has 0 atom stereocenters. The summed E-state index contributed by atoms with van der Waals surface area (Å²) in [5.41, 5.74) is 0.306. The van der Waals surface area contributed by atoms with Crippen molar-refractivity contribution in [3.8, 4) is 0 Å². The predicted octanol–water partition coefficient (Wildman–Crippen LogP) is 8.79. The molecule has 2 amide bonds. The van der Waals surface area contributed by atoms with Crippen molar-refractivity contribution in [2.75, 3.05) is 28.2 Å². The number of ketones is 6. The molecule has 38 heteroatoms. The van der Waals surface area contributed by atoms with Crippen molar-refractivity contribution in [3.05, 3.63) is 275 Å². The Morgan fingerprint density at radius 2 is 0.404 bits per heavy atom. The summed E-state index contributed by atoms with van der Waals surface area (Å²) in [6.45, 7) is 0. The van der Waals surface area contributed by atoms with E-state index in [4.69, 9.17) is 0 Å². The number of carbonyl (C=O) groups excluding carboxylic acids is 8. The Kier molecular flexibility index (Phi) is 51.6. The van der Waals surface area contributed by atoms with Gasteiger partial charge in [-0.05, 0) is 70.6 Å². The molecule has 0 aromatic heterocycles. The Morgan fingerprint density at radius 3 is 0.519 bits per heavy atom. The first-order valence-corrected chi connectivity index (χ1v) is 26.6. The molecule has 6 rings (SSSR count). The van der Waals surface area contributed by atoms with Crippen LogP contribution in [0.15, 0.2) is 241 Å². The molecule has 0 saturated carbocycles. The van der Waals surface area contributed by atoms with Crippen molar-refractivity contribution >= 4 is 59.0 Å². The number of amides is 2. The normalized spacial score (nSPS) is 11.6. The zero-order chi connectivity index (χ0) is 77.4. The summed E-state index contributed by atoms with van der Waals surface area (Å²) in [5.74, 6) is -18.5. The Morgan fingerprint density at radius 1 is 0.269 bits per heavy atom. The molecule has 0 heterocycles. The third-order valence-electron chi connectivity index (χ3n) is 10.0. The van der Waals surface area contributed by atoms with Crippen molar-refractivity contribution < 1.29 is 211 Å². The molecule has 0 spiro atoms. The molecule has 0 saturated heterocycles. The molecule has 556 valence electrons. The second-order valence-electron chi connectivity index (χ2n) is 18.6. The van der Waals surface area contributed by atoms with Crippen LogP contribution in [-0.2, 0) is 70.9 Å². The molecule has 104 heavy (non-hydrogen) atoms. The first-order valence-electron chi connectivity index (χ1n) is 26.6. The molecule has 0 unspecified atom stereocenters. The minimum absolute atomic E-state index is 0. The summed E-state index contributed by atoms with van der Waals surface area (Å²) in [7, 11) is 6.75. The summed E-state index contributed by atoms with van der Waals surface area (Å²) in [4.78, 5) is 87.1. The number of benzene rings is 6. The SMILES string of the molecule is CN(C)C=O.CN(C)C=O.O=C(/C=C(\[O-])C(F)(F)F)c1ccccc1.O=C(/C=C(\[O-])C(F)(F)F)c1ccccc1.O=C(/C=C(\[O-])C(F)(F)F)c1ccccc1.O=C(/C=C(\[O-])C(F)(F)F)c1ccccc1.O=C(/C=C(\[O-])c1ccccc1)C(F)(F)F.O=C(/C=C(\[O-])c1ccccc1)C(F)(F)F.[Hf+4].[Hf+4].[OH-].[OH-]. The average Bonchev–Trinajstić information content (AvgIpc) is 0.907. The summed E-state index contributed by atoms with van der Waals surface area (Å²) >= 11 is 0. The molecule has 0 bridgehead atoms. The van der Waals surface area contributed by atoms with Gasteiger partial charge in [0.25, 0.3) is 11.6 Å². The maximum Gasteiger partial charge on any atom is 4.00 e. The average molecular weight is 1830 g/mol. The van der Waals surface area contributed by atoms with Crippen LogP contribution in [0.5, 0.6) is 0 Å². The van der Waals surface area contributed by atoms with Crippen LogP contribution < -0.4 is 30.6 Å². The molecule has 6 aromatic rings. The Hall–Kier alpha value is -10.1. The minimum atomic E-state index is -5.00. The number of nitrogens with zero attached hydrogens (tertiary/aromatic N) is 2. The van der Waals surface area contributed by atoms with Crippen LogP contribution in [0.2, 0.25) is 0 Å². The van der Waals surface area contributed by atoms with Crippen molar-refractivity contribution in [2.45, 2.75) is 37.1 Å². The fourth-order valence-corrected chi connectivity index (χ4v) is 5.32. The smallest absolute Gasteiger partial charge is 0.872 e. The van der Waals surface area contributed by atoms with Gasteiger partial charge >= 0.3 is 88.7 Å². The van der Waals surface area contributed by atoms with Crippen molar-refractivity contribution in [3.63, 3.8) is 0 Å². The number of hydrogen-bond acceptors (Lipinski definition) is 16. The van der Waals surface area contributed by atoms with Crippen molar-refractivity contribution in [2.24, 2.45) is 0 Å². The van der Waals surface area contributed by atoms with E-state index < -0.39 is 106 Å². The van der Waals surface area contributed by atoms with Gasteiger partial charge in [-0.2, -0.15) is 79.0 Å². The quantitative estimate of drug-likeness (QED) is 0.0245. The van der Waals surface area contributed by atoms with Gasteiger partial charge in [0.05, 0.1) is 0 Å². The summed E-state index contributed by atoms with van der Waals surface area (Å²) < 4.78 is 212. The predicted molar refractivity (Wildman–Crippen MR) is 314 cm³/mol. The van der Waals surface area contributed by atoms with Gasteiger partial charge in [-0.25, -0.2) is 0 Å². The van der Waals surface area contributed by atoms with Crippen LogP contribution in [0.3, 0.4) is 0 Å². The summed E-state index contributed by atoms with van der Waals surface area (Å²) in [6, 6.07) is 43.7. The Balaban J connectivity index is -0.000000268. The molecule has 18 nitrogen and oxygen atoms in total. The van der Waals surface area contributed by atoms with Crippen LogP contribution >= 0.6 is 0 Å². The molecule has 0 radical (unpaired) electrons. The first-order chi connectivity index (χ1) is 46.0. The maximum absolute atomic E-state index is 11.8. The Labute approximate surface area is 616 Å². The van der Waals surface area contributed by atoms with E-state index in [0.717, 1.165) is 12.8 Å². The monoisotopic (exact) mass is 1830 g/mol. The standard InChI is InChI=1S/6C10H7F3O2.2C3H7NO.2Hf.2H2O/c6*11-10(12,13)9(15)6-8(14)7-4-2-1-3-5-7;2*1-4(2)3-5;;;;/h4*1-6,15H;2*1-6,14H;2*3H,1-2H3;;;2*1H2/q;;;;;;;;2*+4;;/p-8/b4*9-6-;2*8-6-;;;;;;. The topological polar surface area (TPSA) is 341 Å². The van der Waals surface area contributed by atoms with Gasteiger partial charge in [0.15, 0.2) is 23.1 Å². The second-order valence-corrected chi connectivity index (χ2v) is 18.6. The molecule has 6 aromatic carbocycles. The van der Waals surface area contributed by atoms with Crippen LogP contribution in [0, 0.1) is 0 Å². The molecule has 2 N–H and O–H groups in total. The number of hydrogen-bond donors (Lipinski definition) is 0. The van der Waals surface area contributed by atoms with Gasteiger partial charge in [-0.15, -0.1) is 0 Å². The van der Waals surface area contributed by atoms with Gasteiger partial charge < -0.3 is 51.4 Å². The van der Waals surface area contributed by atoms with Gasteiger partial charge in [0.2, 0.25) is 12.8 Å². The number of carbonyl (C=O) groups is 8. The zero-order valence-electron chi connectivity index (χ0n) is 53.2. The summed E-state index contributed by atoms with van der Waals surface area (Å²) in [6.07, 6.45) is -28.2. The number of halogens is 18. The molecule has 0 aliphatic heterocycles. The Bertz CT molecular complexity index is 3340. The van der Waals surface area contributed by atoms with E-state index in [9.17, 15) is 148 Å². The van der Waals surface area contributed by atoms with E-state index >= 15 is 0 Å². The fraction of sp³-hybridized carbons (Fsp3) is 0.152. The van der Waals surface area contributed by atoms with Gasteiger partial charge in [0.1, 0.15) is 0 Å². The van der Waals surface area contributed by atoms with Crippen LogP contribution in [0.4, 0.5) is 79.0 Å². The number of allylic oxidation sites excluding steroid dienone is 10. The van der Waals surface area contributed by atoms with Crippen LogP contribution in [0.25, 0.3) is 11.5 Å². The van der Waals surface area contributed by atoms with E-state index in [2.05, 4.69) is 0 Å². The van der Waals surface area contributed by atoms with E-state index in [1.165, 1.54) is 155 Å². The van der Waals surface area contributed by atoms with Gasteiger partial charge in [-0.1, -0.05) is 194 Å². The zero-order valence-corrected chi connectivity index (χ0v) is 60.4. The third-order valence-corrected chi connectivity index (χ3v) is 10.0. The molecular weight excluding hydrogens is 1780 g/mol. The molecule has 0 fully saturated rings. The van der Waals surface area contributed by atoms with Crippen LogP contribution in [-0.4, -0.2) is 134 Å². The molecule has 0 aliphatic carbocycles. The van der Waals surface area contributed by atoms with Crippen molar-refractivity contribution in [1.29, 1.82) is 0 Å². The van der Waals surface area contributed by atoms with Gasteiger partial charge in [0, 0.05) is 50.4 Å². The second kappa shape index (κ2) is 51.1. The van der Waals surface area contributed by atoms with Gasteiger partial charge in [-0.3, -0.25) is 38.4 Å². The van der Waals surface area contributed by atoms with E-state index in [1.54, 1.807) is 64.6 Å². The number of rotatable bonds is 14. The van der Waals surface area contributed by atoms with Crippen LogP contribution in [0.1, 0.15) is 52.6 Å². The van der Waals surface area contributed by atoms with E-state index in [1.807, 2.05) is 0 Å². The third kappa shape index (κ3) is 47.9. The largest absolute Gasteiger partial charge is 4.00 e. The summed E-state index contributed by atoms with van der Waals surface area (Å²) in [5, 5.41) is 64.0. The van der Waals surface area contributed by atoms with E-state index in [0.29, 0.717) is 0 Å². The maximum atomic E-state index is 11.8. The van der Waals surface area contributed by atoms with E-state index in [-0.39, 0.29) is 132 Å². The first kappa shape index (κ1) is 105. The minimum Gasteiger partial charge on any atom is -0.872 e. The number of alkyl halides is 18.